The molecule has 1 aliphatic heterocycles. The first-order valence-electron chi connectivity index (χ1n) is 10.3. The summed E-state index contributed by atoms with van der Waals surface area (Å²) in [4.78, 5) is 14.7. The maximum atomic E-state index is 12.7. The van der Waals surface area contributed by atoms with Gasteiger partial charge in [-0.2, -0.15) is 4.31 Å². The Labute approximate surface area is 192 Å². The molecule has 168 valence electrons. The summed E-state index contributed by atoms with van der Waals surface area (Å²) < 4.78 is 33.0. The first kappa shape index (κ1) is 22.5. The van der Waals surface area contributed by atoms with E-state index in [1.54, 1.807) is 29.6 Å². The lowest BCUT2D eigenvalue weighted by Crippen LogP contribution is -2.53. The minimum atomic E-state index is -3.45. The van der Waals surface area contributed by atoms with Crippen molar-refractivity contribution in [3.63, 3.8) is 0 Å². The van der Waals surface area contributed by atoms with Crippen LogP contribution in [0.1, 0.15) is 6.92 Å². The summed E-state index contributed by atoms with van der Waals surface area (Å²) in [6.07, 6.45) is 0. The number of rotatable bonds is 7. The molecule has 32 heavy (non-hydrogen) atoms. The molecule has 0 unspecified atom stereocenters. The summed E-state index contributed by atoms with van der Waals surface area (Å²) in [6.45, 7) is 3.57. The number of amides is 1. The fourth-order valence-electron chi connectivity index (χ4n) is 3.51. The second-order valence-electron chi connectivity index (χ2n) is 7.48. The van der Waals surface area contributed by atoms with Gasteiger partial charge in [-0.15, -0.1) is 11.3 Å². The van der Waals surface area contributed by atoms with Crippen LogP contribution in [-0.2, 0) is 14.8 Å². The molecule has 0 spiro atoms. The van der Waals surface area contributed by atoms with Gasteiger partial charge in [0.1, 0.15) is 15.7 Å². The standard InChI is InChI=1S/C23H25N3O4S2/c1-18(25-13-15-26(16-14-25)32(28,29)22-8-5-17-31-22)23(27)24-19-9-11-21(12-10-19)30-20-6-3-2-4-7-20/h2-12,17-18H,13-16H2,1H3,(H,24,27)/t18-/m0/s1. The average molecular weight is 472 g/mol. The second kappa shape index (κ2) is 9.83. The maximum Gasteiger partial charge on any atom is 0.252 e. The van der Waals surface area contributed by atoms with E-state index in [1.807, 2.05) is 54.3 Å². The van der Waals surface area contributed by atoms with Crippen molar-refractivity contribution in [2.24, 2.45) is 0 Å². The normalized spacial score (nSPS) is 16.4. The summed E-state index contributed by atoms with van der Waals surface area (Å²) in [6, 6.07) is 19.7. The Morgan fingerprint density at radius 3 is 2.22 bits per heavy atom. The Morgan fingerprint density at radius 2 is 1.59 bits per heavy atom. The molecule has 1 amide bonds. The molecule has 1 fully saturated rings. The minimum absolute atomic E-state index is 0.128. The van der Waals surface area contributed by atoms with E-state index in [0.717, 1.165) is 5.75 Å². The third-order valence-corrected chi connectivity index (χ3v) is 8.66. The molecule has 1 aromatic heterocycles. The molecule has 0 bridgehead atoms. The van der Waals surface area contributed by atoms with Crippen LogP contribution in [0, 0.1) is 0 Å². The molecule has 1 saturated heterocycles. The van der Waals surface area contributed by atoms with Crippen molar-refractivity contribution < 1.29 is 17.9 Å². The Kier molecular flexibility index (Phi) is 6.90. The molecule has 9 heteroatoms. The van der Waals surface area contributed by atoms with Crippen LogP contribution in [0.15, 0.2) is 76.3 Å². The van der Waals surface area contributed by atoms with Crippen molar-refractivity contribution in [3.05, 3.63) is 72.1 Å². The van der Waals surface area contributed by atoms with Crippen LogP contribution in [0.5, 0.6) is 11.5 Å². The van der Waals surface area contributed by atoms with Gasteiger partial charge in [-0.3, -0.25) is 9.69 Å². The van der Waals surface area contributed by atoms with Gasteiger partial charge >= 0.3 is 0 Å². The van der Waals surface area contributed by atoms with Crippen molar-refractivity contribution in [3.8, 4) is 11.5 Å². The molecule has 2 heterocycles. The number of ether oxygens (including phenoxy) is 1. The predicted octanol–water partition coefficient (Wildman–Crippen LogP) is 3.87. The van der Waals surface area contributed by atoms with Crippen LogP contribution in [0.25, 0.3) is 0 Å². The van der Waals surface area contributed by atoms with Crippen LogP contribution >= 0.6 is 11.3 Å². The molecule has 0 radical (unpaired) electrons. The molecule has 1 aliphatic rings. The first-order valence-corrected chi connectivity index (χ1v) is 12.7. The quantitative estimate of drug-likeness (QED) is 0.566. The number of carbonyl (C=O) groups excluding carboxylic acids is 1. The lowest BCUT2D eigenvalue weighted by molar-refractivity contribution is -0.121. The highest BCUT2D eigenvalue weighted by Crippen LogP contribution is 2.24. The third-order valence-electron chi connectivity index (χ3n) is 5.39. The number of thiophene rings is 1. The van der Waals surface area contributed by atoms with Crippen molar-refractivity contribution in [2.45, 2.75) is 17.2 Å². The van der Waals surface area contributed by atoms with Gasteiger partial charge in [0.05, 0.1) is 6.04 Å². The second-order valence-corrected chi connectivity index (χ2v) is 10.6. The van der Waals surface area contributed by atoms with Gasteiger partial charge in [0.25, 0.3) is 10.0 Å². The van der Waals surface area contributed by atoms with Gasteiger partial charge in [-0.1, -0.05) is 24.3 Å². The zero-order chi connectivity index (χ0) is 22.6. The number of anilines is 1. The van der Waals surface area contributed by atoms with Crippen LogP contribution < -0.4 is 10.1 Å². The lowest BCUT2D eigenvalue weighted by Gasteiger charge is -2.36. The molecular weight excluding hydrogens is 446 g/mol. The van der Waals surface area contributed by atoms with Crippen LogP contribution in [-0.4, -0.2) is 55.8 Å². The SMILES string of the molecule is C[C@@H](C(=O)Nc1ccc(Oc2ccccc2)cc1)N1CCN(S(=O)(=O)c2cccs2)CC1. The number of benzene rings is 2. The predicted molar refractivity (Wildman–Crippen MR) is 126 cm³/mol. The molecule has 1 N–H and O–H groups in total. The number of piperazine rings is 1. The van der Waals surface area contributed by atoms with E-state index in [2.05, 4.69) is 5.32 Å². The third kappa shape index (κ3) is 5.18. The highest BCUT2D eigenvalue weighted by Gasteiger charge is 2.32. The maximum absolute atomic E-state index is 12.7. The van der Waals surface area contributed by atoms with E-state index < -0.39 is 10.0 Å². The van der Waals surface area contributed by atoms with Gasteiger partial charge in [0, 0.05) is 31.9 Å². The molecule has 0 aliphatic carbocycles. The number of nitrogens with zero attached hydrogens (tertiary/aromatic N) is 2. The van der Waals surface area contributed by atoms with Crippen LogP contribution in [0.3, 0.4) is 0 Å². The minimum Gasteiger partial charge on any atom is -0.457 e. The molecule has 0 saturated carbocycles. The molecule has 2 aromatic carbocycles. The number of para-hydroxylation sites is 1. The number of hydrogen-bond acceptors (Lipinski definition) is 6. The van der Waals surface area contributed by atoms with Gasteiger partial charge in [-0.05, 0) is 54.8 Å². The van der Waals surface area contributed by atoms with E-state index in [9.17, 15) is 13.2 Å². The summed E-state index contributed by atoms with van der Waals surface area (Å²) in [5, 5.41) is 4.69. The largest absolute Gasteiger partial charge is 0.457 e. The zero-order valence-corrected chi connectivity index (χ0v) is 19.3. The van der Waals surface area contributed by atoms with Crippen molar-refractivity contribution in [1.82, 2.24) is 9.21 Å². The first-order chi connectivity index (χ1) is 15.4. The average Bonchev–Trinajstić information content (AvgIpc) is 3.37. The fraction of sp³-hybridized carbons (Fsp3) is 0.261. The van der Waals surface area contributed by atoms with Crippen molar-refractivity contribution >= 4 is 33.0 Å². The Balaban J connectivity index is 1.30. The molecule has 7 nitrogen and oxygen atoms in total. The summed E-state index contributed by atoms with van der Waals surface area (Å²) in [5.74, 6) is 1.31. The monoisotopic (exact) mass is 471 g/mol. The number of carbonyl (C=O) groups is 1. The van der Waals surface area contributed by atoms with Crippen LogP contribution in [0.4, 0.5) is 5.69 Å². The Hall–Kier alpha value is -2.72. The summed E-state index contributed by atoms with van der Waals surface area (Å²) in [5.41, 5.74) is 0.682. The van der Waals surface area contributed by atoms with E-state index in [0.29, 0.717) is 41.8 Å². The highest BCUT2D eigenvalue weighted by atomic mass is 32.2. The zero-order valence-electron chi connectivity index (χ0n) is 17.7. The van der Waals surface area contributed by atoms with Gasteiger partial charge in [-0.25, -0.2) is 8.42 Å². The van der Waals surface area contributed by atoms with Gasteiger partial charge in [0.2, 0.25) is 5.91 Å². The molecule has 4 rings (SSSR count). The van der Waals surface area contributed by atoms with Gasteiger partial charge < -0.3 is 10.1 Å². The van der Waals surface area contributed by atoms with Gasteiger partial charge in [0.15, 0.2) is 0 Å². The van der Waals surface area contributed by atoms with Crippen molar-refractivity contribution in [1.29, 1.82) is 0 Å². The summed E-state index contributed by atoms with van der Waals surface area (Å²) >= 11 is 1.22. The van der Waals surface area contributed by atoms with Crippen LogP contribution in [0.2, 0.25) is 0 Å². The highest BCUT2D eigenvalue weighted by molar-refractivity contribution is 7.91. The number of hydrogen-bond donors (Lipinski definition) is 1. The molecule has 3 aromatic rings. The topological polar surface area (TPSA) is 79.0 Å². The lowest BCUT2D eigenvalue weighted by atomic mass is 10.2. The Bertz CT molecular complexity index is 1130. The molecular formula is C23H25N3O4S2. The smallest absolute Gasteiger partial charge is 0.252 e. The molecule has 1 atom stereocenters. The summed E-state index contributed by atoms with van der Waals surface area (Å²) in [7, 11) is -3.45. The number of sulfonamides is 1. The number of nitrogens with one attached hydrogen (secondary N) is 1. The fourth-order valence-corrected chi connectivity index (χ4v) is 6.08. The van der Waals surface area contributed by atoms with E-state index in [-0.39, 0.29) is 11.9 Å². The van der Waals surface area contributed by atoms with E-state index in [4.69, 9.17) is 4.74 Å². The van der Waals surface area contributed by atoms with Crippen molar-refractivity contribution in [2.75, 3.05) is 31.5 Å². The van der Waals surface area contributed by atoms with E-state index >= 15 is 0 Å². The Morgan fingerprint density at radius 1 is 0.938 bits per heavy atom. The van der Waals surface area contributed by atoms with E-state index in [1.165, 1.54) is 15.6 Å².